The summed E-state index contributed by atoms with van der Waals surface area (Å²) in [7, 11) is 0. The second kappa shape index (κ2) is 3.83. The summed E-state index contributed by atoms with van der Waals surface area (Å²) in [6.45, 7) is 1.52. The maximum Gasteiger partial charge on any atom is 0.267 e. The molecule has 1 aromatic rings. The lowest BCUT2D eigenvalue weighted by Crippen LogP contribution is -1.96. The third-order valence-corrected chi connectivity index (χ3v) is 2.25. The molecule has 1 aromatic heterocycles. The molecule has 12 heavy (non-hydrogen) atoms. The number of rotatable bonds is 1. The first-order chi connectivity index (χ1) is 5.52. The molecule has 0 fully saturated rings. The molecular formula is C7H5ClF2IN. The van der Waals surface area contributed by atoms with Crippen LogP contribution in [0.2, 0.25) is 5.02 Å². The molecule has 0 amide bonds. The number of hydrogen-bond donors (Lipinski definition) is 0. The van der Waals surface area contributed by atoms with Gasteiger partial charge in [0, 0.05) is 5.69 Å². The number of nitrogens with zero attached hydrogens (tertiary/aromatic N) is 1. The van der Waals surface area contributed by atoms with Gasteiger partial charge in [0.2, 0.25) is 0 Å². The summed E-state index contributed by atoms with van der Waals surface area (Å²) in [6.07, 6.45) is -2.55. The molecule has 1 rings (SSSR count). The molecule has 0 saturated carbocycles. The van der Waals surface area contributed by atoms with Gasteiger partial charge in [0.05, 0.1) is 10.6 Å². The summed E-state index contributed by atoms with van der Waals surface area (Å²) < 4.78 is 25.2. The van der Waals surface area contributed by atoms with Crippen molar-refractivity contribution in [3.05, 3.63) is 26.0 Å². The zero-order chi connectivity index (χ0) is 9.30. The van der Waals surface area contributed by atoms with E-state index in [1.807, 2.05) is 22.6 Å². The Labute approximate surface area is 87.3 Å². The van der Waals surface area contributed by atoms with Crippen molar-refractivity contribution in [2.24, 2.45) is 0 Å². The Hall–Kier alpha value is 0.0300. The van der Waals surface area contributed by atoms with Crippen molar-refractivity contribution in [1.29, 1.82) is 0 Å². The van der Waals surface area contributed by atoms with Gasteiger partial charge in [-0.05, 0) is 35.6 Å². The minimum Gasteiger partial charge on any atom is -0.247 e. The van der Waals surface area contributed by atoms with E-state index in [1.165, 1.54) is 13.0 Å². The van der Waals surface area contributed by atoms with Gasteiger partial charge in [-0.3, -0.25) is 0 Å². The summed E-state index contributed by atoms with van der Waals surface area (Å²) >= 11 is 7.54. The van der Waals surface area contributed by atoms with E-state index in [4.69, 9.17) is 11.6 Å². The monoisotopic (exact) mass is 303 g/mol. The Kier molecular flexibility index (Phi) is 3.22. The smallest absolute Gasteiger partial charge is 0.247 e. The van der Waals surface area contributed by atoms with Crippen LogP contribution >= 0.6 is 34.2 Å². The highest BCUT2D eigenvalue weighted by Gasteiger charge is 2.16. The Morgan fingerprint density at radius 1 is 1.58 bits per heavy atom. The lowest BCUT2D eigenvalue weighted by Gasteiger charge is -2.06. The van der Waals surface area contributed by atoms with E-state index in [9.17, 15) is 8.78 Å². The van der Waals surface area contributed by atoms with E-state index < -0.39 is 6.43 Å². The molecule has 0 bridgehead atoms. The van der Waals surface area contributed by atoms with Gasteiger partial charge in [-0.2, -0.15) is 0 Å². The minimum atomic E-state index is -2.55. The Balaban J connectivity index is 3.28. The number of aromatic nitrogens is 1. The van der Waals surface area contributed by atoms with E-state index in [-0.39, 0.29) is 10.6 Å². The van der Waals surface area contributed by atoms with Crippen molar-refractivity contribution in [2.75, 3.05) is 0 Å². The molecule has 1 heterocycles. The largest absolute Gasteiger partial charge is 0.267 e. The molecule has 0 aliphatic rings. The van der Waals surface area contributed by atoms with Crippen molar-refractivity contribution in [3.63, 3.8) is 0 Å². The molecule has 0 aliphatic heterocycles. The molecule has 0 radical (unpaired) electrons. The van der Waals surface area contributed by atoms with Gasteiger partial charge >= 0.3 is 0 Å². The Morgan fingerprint density at radius 3 is 2.58 bits per heavy atom. The molecule has 0 N–H and O–H groups in total. The average molecular weight is 303 g/mol. The van der Waals surface area contributed by atoms with Crippen molar-refractivity contribution < 1.29 is 8.78 Å². The van der Waals surface area contributed by atoms with Gasteiger partial charge in [-0.1, -0.05) is 11.6 Å². The molecule has 66 valence electrons. The summed E-state index contributed by atoms with van der Waals surface area (Å²) in [5.74, 6) is 0. The van der Waals surface area contributed by atoms with Gasteiger partial charge in [-0.15, -0.1) is 0 Å². The van der Waals surface area contributed by atoms with Crippen molar-refractivity contribution in [2.45, 2.75) is 13.3 Å². The molecule has 0 aromatic carbocycles. The quantitative estimate of drug-likeness (QED) is 0.571. The fourth-order valence-corrected chi connectivity index (χ4v) is 2.05. The first-order valence-electron chi connectivity index (χ1n) is 3.13. The molecular weight excluding hydrogens is 298 g/mol. The van der Waals surface area contributed by atoms with Gasteiger partial charge in [0.25, 0.3) is 6.43 Å². The molecule has 0 aliphatic carbocycles. The third-order valence-electron chi connectivity index (χ3n) is 1.39. The predicted octanol–water partition coefficient (Wildman–Crippen LogP) is 3.59. The number of hydrogen-bond acceptors (Lipinski definition) is 1. The second-order valence-corrected chi connectivity index (χ2v) is 3.74. The van der Waals surface area contributed by atoms with Crippen LogP contribution in [-0.4, -0.2) is 4.98 Å². The Morgan fingerprint density at radius 2 is 2.17 bits per heavy atom. The van der Waals surface area contributed by atoms with Crippen LogP contribution in [0.5, 0.6) is 0 Å². The van der Waals surface area contributed by atoms with Gasteiger partial charge in [-0.25, -0.2) is 13.8 Å². The highest BCUT2D eigenvalue weighted by Crippen LogP contribution is 2.29. The molecule has 0 unspecified atom stereocenters. The maximum absolute atomic E-state index is 12.3. The molecule has 1 nitrogen and oxygen atoms in total. The maximum atomic E-state index is 12.3. The van der Waals surface area contributed by atoms with Gasteiger partial charge in [0.15, 0.2) is 0 Å². The fourth-order valence-electron chi connectivity index (χ4n) is 0.870. The summed E-state index contributed by atoms with van der Waals surface area (Å²) in [5.41, 5.74) is 0.124. The number of halogens is 4. The van der Waals surface area contributed by atoms with Crippen LogP contribution in [0.4, 0.5) is 8.78 Å². The zero-order valence-corrected chi connectivity index (χ0v) is 9.03. The normalized spacial score (nSPS) is 10.8. The average Bonchev–Trinajstić information content (AvgIpc) is 1.82. The van der Waals surface area contributed by atoms with E-state index in [1.54, 1.807) is 0 Å². The predicted molar refractivity (Wildman–Crippen MR) is 51.7 cm³/mol. The van der Waals surface area contributed by atoms with Crippen LogP contribution in [-0.2, 0) is 0 Å². The number of pyridine rings is 1. The van der Waals surface area contributed by atoms with E-state index in [0.717, 1.165) is 0 Å². The second-order valence-electron chi connectivity index (χ2n) is 2.23. The topological polar surface area (TPSA) is 12.9 Å². The highest BCUT2D eigenvalue weighted by atomic mass is 127. The van der Waals surface area contributed by atoms with E-state index >= 15 is 0 Å². The van der Waals surface area contributed by atoms with E-state index in [2.05, 4.69) is 4.98 Å². The van der Waals surface area contributed by atoms with Crippen LogP contribution in [0.15, 0.2) is 6.07 Å². The summed E-state index contributed by atoms with van der Waals surface area (Å²) in [5, 5.41) is 0.0851. The van der Waals surface area contributed by atoms with Crippen molar-refractivity contribution in [1.82, 2.24) is 4.98 Å². The summed E-state index contributed by atoms with van der Waals surface area (Å²) in [6, 6.07) is 1.43. The SMILES string of the molecule is Cc1nc(I)cc(Cl)c1C(F)F. The van der Waals surface area contributed by atoms with Crippen molar-refractivity contribution in [3.8, 4) is 0 Å². The van der Waals surface area contributed by atoms with E-state index in [0.29, 0.717) is 9.39 Å². The number of alkyl halides is 2. The van der Waals surface area contributed by atoms with Gasteiger partial charge < -0.3 is 0 Å². The standard InChI is InChI=1S/C7H5ClF2IN/c1-3-6(7(9)10)4(8)2-5(11)12-3/h2,7H,1H3. The van der Waals surface area contributed by atoms with Crippen LogP contribution < -0.4 is 0 Å². The zero-order valence-electron chi connectivity index (χ0n) is 6.11. The first-order valence-corrected chi connectivity index (χ1v) is 4.58. The number of aryl methyl sites for hydroxylation is 1. The molecule has 0 atom stereocenters. The van der Waals surface area contributed by atoms with Crippen LogP contribution in [0, 0.1) is 10.6 Å². The molecule has 0 saturated heterocycles. The minimum absolute atomic E-state index is 0.0851. The highest BCUT2D eigenvalue weighted by molar-refractivity contribution is 14.1. The first kappa shape index (κ1) is 10.1. The Bertz CT molecular complexity index is 280. The van der Waals surface area contributed by atoms with Crippen molar-refractivity contribution >= 4 is 34.2 Å². The molecule has 5 heteroatoms. The van der Waals surface area contributed by atoms with Crippen LogP contribution in [0.25, 0.3) is 0 Å². The third kappa shape index (κ3) is 2.04. The fraction of sp³-hybridized carbons (Fsp3) is 0.286. The summed E-state index contributed by atoms with van der Waals surface area (Å²) in [4.78, 5) is 3.88. The van der Waals surface area contributed by atoms with Gasteiger partial charge in [0.1, 0.15) is 3.70 Å². The molecule has 0 spiro atoms. The lowest BCUT2D eigenvalue weighted by molar-refractivity contribution is 0.150. The lowest BCUT2D eigenvalue weighted by atomic mass is 10.2. The van der Waals surface area contributed by atoms with Crippen LogP contribution in [0.3, 0.4) is 0 Å². The van der Waals surface area contributed by atoms with Crippen LogP contribution in [0.1, 0.15) is 17.7 Å².